The molecule has 7 aliphatic rings. The summed E-state index contributed by atoms with van der Waals surface area (Å²) in [4.78, 5) is 48.5. The fraction of sp³-hybridized carbons (Fsp3) is 0.875. The van der Waals surface area contributed by atoms with Crippen LogP contribution in [-0.2, 0) is 47.6 Å². The number of carbonyl (C=O) groups excluding carboxylic acids is 3. The summed E-state index contributed by atoms with van der Waals surface area (Å²) >= 11 is 0. The van der Waals surface area contributed by atoms with Crippen LogP contribution in [0.1, 0.15) is 107 Å². The van der Waals surface area contributed by atoms with E-state index in [1.165, 1.54) is 0 Å². The molecule has 0 radical (unpaired) electrons. The maximum absolute atomic E-state index is 12.5. The molecular formula is C32H48O11. The lowest BCUT2D eigenvalue weighted by Crippen LogP contribution is -2.60. The third-order valence-corrected chi connectivity index (χ3v) is 10.7. The summed E-state index contributed by atoms with van der Waals surface area (Å²) in [7, 11) is 0. The molecule has 7 atom stereocenters. The van der Waals surface area contributed by atoms with Gasteiger partial charge in [0.1, 0.15) is 11.7 Å². The van der Waals surface area contributed by atoms with E-state index in [0.717, 1.165) is 38.5 Å². The summed E-state index contributed by atoms with van der Waals surface area (Å²) in [6.07, 6.45) is 2.79. The molecule has 11 heteroatoms. The van der Waals surface area contributed by atoms with E-state index in [9.17, 15) is 24.3 Å². The molecule has 0 aromatic carbocycles. The minimum absolute atomic E-state index is 0.160. The topological polar surface area (TPSA) is 144 Å². The van der Waals surface area contributed by atoms with Crippen LogP contribution < -0.4 is 0 Å². The predicted octanol–water partition coefficient (Wildman–Crippen LogP) is 4.53. The van der Waals surface area contributed by atoms with E-state index < -0.39 is 76.2 Å². The van der Waals surface area contributed by atoms with Crippen LogP contribution in [0.2, 0.25) is 0 Å². The molecule has 2 unspecified atom stereocenters. The normalized spacial score (nSPS) is 40.2. The van der Waals surface area contributed by atoms with Crippen molar-refractivity contribution in [2.24, 2.45) is 28.1 Å². The minimum Gasteiger partial charge on any atom is -0.481 e. The van der Waals surface area contributed by atoms with Crippen molar-refractivity contribution in [3.05, 3.63) is 0 Å². The summed E-state index contributed by atoms with van der Waals surface area (Å²) in [5.41, 5.74) is -2.30. The second-order valence-corrected chi connectivity index (χ2v) is 15.4. The van der Waals surface area contributed by atoms with Crippen molar-refractivity contribution >= 4 is 23.9 Å². The van der Waals surface area contributed by atoms with E-state index in [-0.39, 0.29) is 5.97 Å². The first kappa shape index (κ1) is 32.2. The van der Waals surface area contributed by atoms with E-state index in [1.54, 1.807) is 27.7 Å². The second-order valence-electron chi connectivity index (χ2n) is 15.4. The lowest BCUT2D eigenvalue weighted by Gasteiger charge is -2.59. The van der Waals surface area contributed by atoms with Crippen LogP contribution in [0, 0.1) is 28.1 Å². The molecule has 0 aromatic heterocycles. The third-order valence-electron chi connectivity index (χ3n) is 10.7. The zero-order valence-electron chi connectivity index (χ0n) is 26.7. The van der Waals surface area contributed by atoms with E-state index in [1.807, 2.05) is 27.7 Å². The largest absolute Gasteiger partial charge is 0.481 e. The molecule has 4 aliphatic carbocycles. The fourth-order valence-corrected chi connectivity index (χ4v) is 7.78. The maximum Gasteiger partial charge on any atom is 0.350 e. The summed E-state index contributed by atoms with van der Waals surface area (Å²) in [5.74, 6) is -1.84. The van der Waals surface area contributed by atoms with Gasteiger partial charge in [0, 0.05) is 6.42 Å². The van der Waals surface area contributed by atoms with Gasteiger partial charge in [-0.2, -0.15) is 0 Å². The molecule has 7 rings (SSSR count). The number of fused-ring (bicyclic) bond motifs is 3. The quantitative estimate of drug-likeness (QED) is 0.322. The molecule has 0 aromatic rings. The van der Waals surface area contributed by atoms with Crippen molar-refractivity contribution in [3.63, 3.8) is 0 Å². The highest BCUT2D eigenvalue weighted by atomic mass is 16.9. The third kappa shape index (κ3) is 5.81. The SMILES string of the molecule is CCC(C)(C)C(=O)OC12CC3CC(C1)CC(C(=O)O)(C3)C2.CCC(C)(C)C(=O)O[C@@H]1C(=O)O[C@@H]2[C@H]3OC(C)(C)O[C@H]3O[C@@H]21. The zero-order valence-corrected chi connectivity index (χ0v) is 26.7. The summed E-state index contributed by atoms with van der Waals surface area (Å²) < 4.78 is 33.7. The molecular weight excluding hydrogens is 560 g/mol. The number of hydrogen-bond acceptors (Lipinski definition) is 10. The van der Waals surface area contributed by atoms with Gasteiger partial charge in [-0.05, 0) is 98.3 Å². The highest BCUT2D eigenvalue weighted by Gasteiger charge is 2.65. The van der Waals surface area contributed by atoms with E-state index in [0.29, 0.717) is 24.7 Å². The Morgan fingerprint density at radius 3 is 2.02 bits per heavy atom. The Bertz CT molecular complexity index is 1140. The van der Waals surface area contributed by atoms with Gasteiger partial charge in [0.25, 0.3) is 0 Å². The zero-order chi connectivity index (χ0) is 31.8. The standard InChI is InChI=1S/C17H26O4.C15H22O7/c1-4-15(2,3)14(20)21-17-8-11-5-12(9-17)7-16(6-11,10-17)13(18)19;1-6-14(2,3)13(17)20-9-7-8(18-11(9)16)10-12(19-7)22-15(4,5)21-10/h11-12H,4-10H2,1-3H3,(H,18,19);7-10,12H,6H2,1-5H3/t;7-,8-,9-,10+,12+/m.0/s1. The Kier molecular flexibility index (Phi) is 7.99. The molecule has 3 heterocycles. The van der Waals surface area contributed by atoms with Crippen molar-refractivity contribution in [3.8, 4) is 0 Å². The van der Waals surface area contributed by atoms with E-state index in [4.69, 9.17) is 28.4 Å². The molecule has 4 saturated carbocycles. The molecule has 0 amide bonds. The molecule has 43 heavy (non-hydrogen) atoms. The number of aliphatic carboxylic acids is 1. The van der Waals surface area contributed by atoms with Crippen LogP contribution in [-0.4, -0.2) is 71.1 Å². The van der Waals surface area contributed by atoms with Crippen molar-refractivity contribution in [1.29, 1.82) is 0 Å². The van der Waals surface area contributed by atoms with Gasteiger partial charge in [-0.15, -0.1) is 0 Å². The number of ether oxygens (including phenoxy) is 6. The summed E-state index contributed by atoms with van der Waals surface area (Å²) in [5, 5.41) is 9.69. The first-order valence-corrected chi connectivity index (χ1v) is 15.7. The average molecular weight is 609 g/mol. The Morgan fingerprint density at radius 2 is 1.47 bits per heavy atom. The average Bonchev–Trinajstić information content (AvgIpc) is 3.48. The molecule has 1 N–H and O–H groups in total. The van der Waals surface area contributed by atoms with Crippen LogP contribution in [0.15, 0.2) is 0 Å². The number of carbonyl (C=O) groups is 4. The number of rotatable bonds is 7. The van der Waals surface area contributed by atoms with Gasteiger partial charge in [-0.1, -0.05) is 13.8 Å². The first-order valence-electron chi connectivity index (χ1n) is 15.7. The van der Waals surface area contributed by atoms with Gasteiger partial charge in [-0.3, -0.25) is 14.4 Å². The second kappa shape index (κ2) is 10.7. The Labute approximate surface area is 253 Å². The molecule has 242 valence electrons. The number of carboxylic acid groups (broad SMARTS) is 1. The first-order chi connectivity index (χ1) is 19.8. The highest BCUT2D eigenvalue weighted by molar-refractivity contribution is 5.84. The molecule has 7 fully saturated rings. The molecule has 4 bridgehead atoms. The lowest BCUT2D eigenvalue weighted by molar-refractivity contribution is -0.217. The lowest BCUT2D eigenvalue weighted by atomic mass is 9.48. The van der Waals surface area contributed by atoms with E-state index >= 15 is 0 Å². The summed E-state index contributed by atoms with van der Waals surface area (Å²) in [6, 6.07) is 0. The smallest absolute Gasteiger partial charge is 0.350 e. The van der Waals surface area contributed by atoms with Crippen molar-refractivity contribution in [2.75, 3.05) is 0 Å². The van der Waals surface area contributed by atoms with E-state index in [2.05, 4.69) is 0 Å². The number of carboxylic acids is 1. The van der Waals surface area contributed by atoms with Crippen LogP contribution in [0.4, 0.5) is 0 Å². The van der Waals surface area contributed by atoms with Gasteiger partial charge < -0.3 is 33.5 Å². The van der Waals surface area contributed by atoms with Crippen molar-refractivity contribution < 1.29 is 52.7 Å². The van der Waals surface area contributed by atoms with Gasteiger partial charge in [0.2, 0.25) is 6.10 Å². The van der Waals surface area contributed by atoms with Crippen LogP contribution in [0.25, 0.3) is 0 Å². The summed E-state index contributed by atoms with van der Waals surface area (Å²) in [6.45, 7) is 14.8. The predicted molar refractivity (Wildman–Crippen MR) is 150 cm³/mol. The van der Waals surface area contributed by atoms with Crippen LogP contribution >= 0.6 is 0 Å². The Morgan fingerprint density at radius 1 is 0.884 bits per heavy atom. The van der Waals surface area contributed by atoms with Gasteiger partial charge in [-0.25, -0.2) is 4.79 Å². The molecule has 3 saturated heterocycles. The Hall–Kier alpha value is -2.24. The maximum atomic E-state index is 12.5. The monoisotopic (exact) mass is 608 g/mol. The fourth-order valence-electron chi connectivity index (χ4n) is 7.78. The van der Waals surface area contributed by atoms with Gasteiger partial charge in [0.05, 0.1) is 16.2 Å². The van der Waals surface area contributed by atoms with Gasteiger partial charge in [0.15, 0.2) is 24.3 Å². The van der Waals surface area contributed by atoms with Crippen LogP contribution in [0.5, 0.6) is 0 Å². The highest BCUT2D eigenvalue weighted by Crippen LogP contribution is 2.63. The number of esters is 3. The minimum atomic E-state index is -1.07. The molecule has 11 nitrogen and oxygen atoms in total. The Balaban J connectivity index is 0.000000171. The van der Waals surface area contributed by atoms with Gasteiger partial charge >= 0.3 is 23.9 Å². The van der Waals surface area contributed by atoms with Crippen LogP contribution in [0.3, 0.4) is 0 Å². The number of hydrogen-bond donors (Lipinski definition) is 1. The molecule has 3 aliphatic heterocycles. The van der Waals surface area contributed by atoms with Crippen molar-refractivity contribution in [2.45, 2.75) is 149 Å². The van der Waals surface area contributed by atoms with Crippen molar-refractivity contribution in [1.82, 2.24) is 0 Å². The molecule has 0 spiro atoms.